The van der Waals surface area contributed by atoms with Crippen LogP contribution in [0.15, 0.2) is 24.5 Å². The summed E-state index contributed by atoms with van der Waals surface area (Å²) < 4.78 is 1.78. The molecule has 1 amide bonds. The highest BCUT2D eigenvalue weighted by Gasteiger charge is 2.21. The number of benzene rings is 1. The number of hydrogen-bond donors (Lipinski definition) is 1. The molecule has 0 radical (unpaired) electrons. The van der Waals surface area contributed by atoms with Gasteiger partial charge in [0.25, 0.3) is 0 Å². The summed E-state index contributed by atoms with van der Waals surface area (Å²) in [7, 11) is 0. The van der Waals surface area contributed by atoms with Gasteiger partial charge in [0.15, 0.2) is 0 Å². The second kappa shape index (κ2) is 5.95. The first-order valence-corrected chi connectivity index (χ1v) is 6.98. The van der Waals surface area contributed by atoms with Gasteiger partial charge in [0.1, 0.15) is 6.04 Å². The summed E-state index contributed by atoms with van der Waals surface area (Å²) in [4.78, 5) is 29.3. The van der Waals surface area contributed by atoms with E-state index in [9.17, 15) is 9.59 Å². The van der Waals surface area contributed by atoms with Crippen LogP contribution in [0.25, 0.3) is 11.0 Å². The maximum Gasteiger partial charge on any atom is 0.335 e. The number of aromatic carboxylic acids is 1. The molecule has 112 valence electrons. The molecule has 2 rings (SSSR count). The molecule has 1 heterocycles. The largest absolute Gasteiger partial charge is 0.478 e. The molecular weight excluding hydrogens is 270 g/mol. The number of fused-ring (bicyclic) bond motifs is 1. The number of carboxylic acid groups (broad SMARTS) is 1. The Balaban J connectivity index is 2.38. The first-order valence-electron chi connectivity index (χ1n) is 6.98. The zero-order valence-corrected chi connectivity index (χ0v) is 12.4. The smallest absolute Gasteiger partial charge is 0.335 e. The molecule has 0 spiro atoms. The third kappa shape index (κ3) is 2.74. The fourth-order valence-electron chi connectivity index (χ4n) is 2.39. The maximum atomic E-state index is 12.4. The highest BCUT2D eigenvalue weighted by atomic mass is 16.4. The van der Waals surface area contributed by atoms with E-state index in [0.29, 0.717) is 18.6 Å². The van der Waals surface area contributed by atoms with Crippen molar-refractivity contribution in [3.63, 3.8) is 0 Å². The average Bonchev–Trinajstić information content (AvgIpc) is 2.90. The average molecular weight is 289 g/mol. The van der Waals surface area contributed by atoms with Crippen molar-refractivity contribution in [2.24, 2.45) is 0 Å². The Morgan fingerprint density at radius 1 is 1.33 bits per heavy atom. The SMILES string of the molecule is CCN(CC)C(=O)C(C)n1cnc2cc(C(=O)O)ccc21. The third-order valence-electron chi connectivity index (χ3n) is 3.67. The van der Waals surface area contributed by atoms with Crippen molar-refractivity contribution in [3.8, 4) is 0 Å². The predicted octanol–water partition coefficient (Wildman–Crippen LogP) is 2.16. The van der Waals surface area contributed by atoms with Crippen LogP contribution in [0.3, 0.4) is 0 Å². The van der Waals surface area contributed by atoms with Crippen LogP contribution in [0.5, 0.6) is 0 Å². The minimum atomic E-state index is -0.987. The molecule has 1 aromatic heterocycles. The van der Waals surface area contributed by atoms with Gasteiger partial charge in [-0.05, 0) is 39.0 Å². The van der Waals surface area contributed by atoms with E-state index in [1.807, 2.05) is 20.8 Å². The lowest BCUT2D eigenvalue weighted by Gasteiger charge is -2.23. The number of likely N-dealkylation sites (N-methyl/N-ethyl adjacent to an activating group) is 1. The number of hydrogen-bond acceptors (Lipinski definition) is 3. The van der Waals surface area contributed by atoms with Gasteiger partial charge in [-0.15, -0.1) is 0 Å². The van der Waals surface area contributed by atoms with Crippen LogP contribution in [0.2, 0.25) is 0 Å². The molecule has 1 unspecified atom stereocenters. The molecule has 0 aliphatic rings. The summed E-state index contributed by atoms with van der Waals surface area (Å²) in [5.74, 6) is -0.958. The third-order valence-corrected chi connectivity index (χ3v) is 3.67. The highest BCUT2D eigenvalue weighted by Crippen LogP contribution is 2.20. The predicted molar refractivity (Wildman–Crippen MR) is 79.3 cm³/mol. The van der Waals surface area contributed by atoms with Crippen molar-refractivity contribution in [2.45, 2.75) is 26.8 Å². The Labute approximate surface area is 123 Å². The van der Waals surface area contributed by atoms with Crippen molar-refractivity contribution in [2.75, 3.05) is 13.1 Å². The van der Waals surface area contributed by atoms with Crippen LogP contribution in [0.1, 0.15) is 37.2 Å². The molecule has 0 saturated carbocycles. The van der Waals surface area contributed by atoms with Crippen molar-refractivity contribution in [1.82, 2.24) is 14.5 Å². The van der Waals surface area contributed by atoms with Gasteiger partial charge in [-0.25, -0.2) is 9.78 Å². The summed E-state index contributed by atoms with van der Waals surface area (Å²) in [6.07, 6.45) is 1.59. The topological polar surface area (TPSA) is 75.4 Å². The maximum absolute atomic E-state index is 12.4. The molecule has 2 aromatic rings. The van der Waals surface area contributed by atoms with Gasteiger partial charge in [-0.1, -0.05) is 0 Å². The molecule has 21 heavy (non-hydrogen) atoms. The molecule has 0 aliphatic heterocycles. The van der Waals surface area contributed by atoms with Gasteiger partial charge in [0.05, 0.1) is 22.9 Å². The Bertz CT molecular complexity index is 674. The van der Waals surface area contributed by atoms with E-state index in [4.69, 9.17) is 5.11 Å². The van der Waals surface area contributed by atoms with Gasteiger partial charge >= 0.3 is 5.97 Å². The van der Waals surface area contributed by atoms with Crippen molar-refractivity contribution < 1.29 is 14.7 Å². The molecule has 1 atom stereocenters. The molecule has 1 aromatic carbocycles. The Hall–Kier alpha value is -2.37. The number of carbonyl (C=O) groups excluding carboxylic acids is 1. The lowest BCUT2D eigenvalue weighted by molar-refractivity contribution is -0.133. The summed E-state index contributed by atoms with van der Waals surface area (Å²) >= 11 is 0. The van der Waals surface area contributed by atoms with E-state index < -0.39 is 5.97 Å². The van der Waals surface area contributed by atoms with Crippen molar-refractivity contribution >= 4 is 22.9 Å². The van der Waals surface area contributed by atoms with Crippen molar-refractivity contribution in [1.29, 1.82) is 0 Å². The van der Waals surface area contributed by atoms with Crippen LogP contribution in [-0.2, 0) is 4.79 Å². The molecular formula is C15H19N3O3. The normalized spacial score (nSPS) is 12.3. The first-order chi connectivity index (χ1) is 9.99. The van der Waals surface area contributed by atoms with E-state index in [0.717, 1.165) is 5.52 Å². The second-order valence-corrected chi connectivity index (χ2v) is 4.85. The van der Waals surface area contributed by atoms with Gasteiger partial charge in [-0.3, -0.25) is 4.79 Å². The number of carbonyl (C=O) groups is 2. The lowest BCUT2D eigenvalue weighted by Crippen LogP contribution is -2.35. The number of imidazole rings is 1. The van der Waals surface area contributed by atoms with Crippen LogP contribution >= 0.6 is 0 Å². The molecule has 0 bridgehead atoms. The minimum Gasteiger partial charge on any atom is -0.478 e. The van der Waals surface area contributed by atoms with Gasteiger partial charge in [0.2, 0.25) is 5.91 Å². The Morgan fingerprint density at radius 3 is 2.57 bits per heavy atom. The summed E-state index contributed by atoms with van der Waals surface area (Å²) in [5.41, 5.74) is 1.53. The highest BCUT2D eigenvalue weighted by molar-refractivity contribution is 5.93. The summed E-state index contributed by atoms with van der Waals surface area (Å²) in [6.45, 7) is 7.04. The van der Waals surface area contributed by atoms with Crippen LogP contribution in [0.4, 0.5) is 0 Å². The fourth-order valence-corrected chi connectivity index (χ4v) is 2.39. The van der Waals surface area contributed by atoms with Crippen molar-refractivity contribution in [3.05, 3.63) is 30.1 Å². The monoisotopic (exact) mass is 289 g/mol. The molecule has 1 N–H and O–H groups in total. The zero-order valence-electron chi connectivity index (χ0n) is 12.4. The summed E-state index contributed by atoms with van der Waals surface area (Å²) in [6, 6.07) is 4.36. The number of aromatic nitrogens is 2. The van der Waals surface area contributed by atoms with E-state index in [-0.39, 0.29) is 17.5 Å². The standard InChI is InChI=1S/C15H19N3O3/c1-4-17(5-2)14(19)10(3)18-9-16-12-8-11(15(20)21)6-7-13(12)18/h6-10H,4-5H2,1-3H3,(H,20,21). The summed E-state index contributed by atoms with van der Waals surface area (Å²) in [5, 5.41) is 8.99. The number of carboxylic acids is 1. The molecule has 0 aliphatic carbocycles. The van der Waals surface area contributed by atoms with E-state index in [2.05, 4.69) is 4.98 Å². The fraction of sp³-hybridized carbons (Fsp3) is 0.400. The Morgan fingerprint density at radius 2 is 2.00 bits per heavy atom. The minimum absolute atomic E-state index is 0.0293. The molecule has 6 heteroatoms. The van der Waals surface area contributed by atoms with Crippen LogP contribution < -0.4 is 0 Å². The first kappa shape index (κ1) is 15.0. The zero-order chi connectivity index (χ0) is 15.6. The van der Waals surface area contributed by atoms with Crippen LogP contribution in [-0.4, -0.2) is 44.5 Å². The van der Waals surface area contributed by atoms with E-state index in [1.165, 1.54) is 12.1 Å². The molecule has 0 fully saturated rings. The van der Waals surface area contributed by atoms with Gasteiger partial charge in [-0.2, -0.15) is 0 Å². The van der Waals surface area contributed by atoms with E-state index >= 15 is 0 Å². The van der Waals surface area contributed by atoms with Gasteiger partial charge in [0, 0.05) is 13.1 Å². The number of amides is 1. The number of rotatable bonds is 5. The second-order valence-electron chi connectivity index (χ2n) is 4.85. The lowest BCUT2D eigenvalue weighted by atomic mass is 10.2. The number of nitrogens with zero attached hydrogens (tertiary/aromatic N) is 3. The van der Waals surface area contributed by atoms with Gasteiger partial charge < -0.3 is 14.6 Å². The quantitative estimate of drug-likeness (QED) is 0.915. The molecule has 0 saturated heterocycles. The Kier molecular flexibility index (Phi) is 4.26. The van der Waals surface area contributed by atoms with Crippen LogP contribution in [0, 0.1) is 0 Å². The molecule has 6 nitrogen and oxygen atoms in total. The van der Waals surface area contributed by atoms with E-state index in [1.54, 1.807) is 21.9 Å².